The highest BCUT2D eigenvalue weighted by atomic mass is 35.5. The first kappa shape index (κ1) is 33.6. The van der Waals surface area contributed by atoms with E-state index in [1.165, 1.54) is 36.0 Å². The summed E-state index contributed by atoms with van der Waals surface area (Å²) in [7, 11) is 0. The van der Waals surface area contributed by atoms with E-state index in [-0.39, 0.29) is 0 Å². The van der Waals surface area contributed by atoms with E-state index >= 15 is 0 Å². The predicted octanol–water partition coefficient (Wildman–Crippen LogP) is 8.18. The van der Waals surface area contributed by atoms with Gasteiger partial charge in [0.15, 0.2) is 23.3 Å². The van der Waals surface area contributed by atoms with Crippen LogP contribution in [-0.2, 0) is 6.42 Å². The summed E-state index contributed by atoms with van der Waals surface area (Å²) in [5.74, 6) is 2.48. The van der Waals surface area contributed by atoms with Crippen molar-refractivity contribution in [3.63, 3.8) is 0 Å². The lowest BCUT2D eigenvalue weighted by atomic mass is 9.95. The molecule has 4 heterocycles. The molecule has 4 aromatic heterocycles. The van der Waals surface area contributed by atoms with E-state index in [0.29, 0.717) is 63.5 Å². The zero-order chi connectivity index (χ0) is 35.0. The Morgan fingerprint density at radius 1 is 0.627 bits per heavy atom. The molecule has 15 heteroatoms. The van der Waals surface area contributed by atoms with Crippen LogP contribution in [0.1, 0.15) is 48.8 Å². The maximum Gasteiger partial charge on any atom is 0.245 e. The summed E-state index contributed by atoms with van der Waals surface area (Å²) in [5, 5.41) is 29.2. The second kappa shape index (κ2) is 15.8. The molecule has 14 nitrogen and oxygen atoms in total. The first-order valence-electron chi connectivity index (χ1n) is 16.9. The maximum atomic E-state index is 5.94. The topological polar surface area (TPSA) is 178 Å². The summed E-state index contributed by atoms with van der Waals surface area (Å²) < 4.78 is 9.49. The molecule has 0 amide bonds. The highest BCUT2D eigenvalue weighted by Gasteiger charge is 2.19. The lowest BCUT2D eigenvalue weighted by Crippen LogP contribution is -2.23. The first-order chi connectivity index (χ1) is 25.0. The lowest BCUT2D eigenvalue weighted by Gasteiger charge is -2.24. The number of aromatic nitrogens is 8. The van der Waals surface area contributed by atoms with Crippen LogP contribution >= 0.6 is 11.6 Å². The van der Waals surface area contributed by atoms with Gasteiger partial charge in [-0.3, -0.25) is 0 Å². The minimum Gasteiger partial charge on any atom is -0.367 e. The van der Waals surface area contributed by atoms with Crippen molar-refractivity contribution in [2.75, 3.05) is 27.8 Å². The summed E-state index contributed by atoms with van der Waals surface area (Å²) in [6.45, 7) is 4.89. The molecular formula is C36H37ClN12O2. The first-order valence-corrected chi connectivity index (χ1v) is 17.3. The summed E-state index contributed by atoms with van der Waals surface area (Å²) in [5.41, 5.74) is 7.06. The predicted molar refractivity (Wildman–Crippen MR) is 198 cm³/mol. The van der Waals surface area contributed by atoms with Crippen LogP contribution in [0.25, 0.3) is 22.6 Å². The summed E-state index contributed by atoms with van der Waals surface area (Å²) in [6, 6.07) is 24.2. The molecule has 1 aliphatic rings. The molecule has 0 spiro atoms. The molecule has 4 N–H and O–H groups in total. The van der Waals surface area contributed by atoms with Crippen LogP contribution in [0.15, 0.2) is 82.1 Å². The average Bonchev–Trinajstić information content (AvgIpc) is 3.81. The highest BCUT2D eigenvalue weighted by molar-refractivity contribution is 6.30. The molecule has 1 fully saturated rings. The van der Waals surface area contributed by atoms with Gasteiger partial charge >= 0.3 is 0 Å². The molecule has 3 aromatic carbocycles. The van der Waals surface area contributed by atoms with Crippen LogP contribution in [0.5, 0.6) is 0 Å². The zero-order valence-corrected chi connectivity index (χ0v) is 29.0. The van der Waals surface area contributed by atoms with E-state index < -0.39 is 0 Å². The van der Waals surface area contributed by atoms with E-state index in [9.17, 15) is 0 Å². The Labute approximate surface area is 298 Å². The number of anilines is 6. The molecule has 0 bridgehead atoms. The summed E-state index contributed by atoms with van der Waals surface area (Å²) >= 11 is 5.94. The maximum absolute atomic E-state index is 5.94. The van der Waals surface area contributed by atoms with Gasteiger partial charge in [-0.05, 0) is 107 Å². The van der Waals surface area contributed by atoms with Gasteiger partial charge in [0.1, 0.15) is 0 Å². The van der Waals surface area contributed by atoms with Gasteiger partial charge in [0.25, 0.3) is 0 Å². The van der Waals surface area contributed by atoms with Gasteiger partial charge < -0.3 is 21.3 Å². The van der Waals surface area contributed by atoms with Gasteiger partial charge in [0.2, 0.25) is 22.6 Å². The third-order valence-corrected chi connectivity index (χ3v) is 8.85. The van der Waals surface area contributed by atoms with Crippen molar-refractivity contribution in [2.45, 2.75) is 58.4 Å². The molecule has 1 aliphatic carbocycles. The molecule has 1 saturated carbocycles. The molecule has 51 heavy (non-hydrogen) atoms. The third-order valence-electron chi connectivity index (χ3n) is 8.60. The van der Waals surface area contributed by atoms with Gasteiger partial charge in [0.05, 0.1) is 0 Å². The fraction of sp³-hybridized carbons (Fsp3) is 0.278. The standard InChI is InChI=1S/C18H15ClN6O.C18H22N6O/c19-13-6-8-14(9-7-13)21-16-15(22-17-18(23-16)25-26-24-17)20-11-10-12-4-2-1-3-5-12;1-11-8-9-14(10-12(11)2)20-16-15(19-13-6-4-3-5-7-13)21-17-18(22-16)24-25-23-17/h1-9H,10-11H2,(H,20,22,24)(H,21,23,25);8-10,13H,3-7H2,1-2H3,(H,19,21,23)(H,20,22,24). The van der Waals surface area contributed by atoms with Crippen molar-refractivity contribution in [2.24, 2.45) is 0 Å². The molecular weight excluding hydrogens is 668 g/mol. The normalized spacial score (nSPS) is 13.1. The highest BCUT2D eigenvalue weighted by Crippen LogP contribution is 2.29. The van der Waals surface area contributed by atoms with Crippen LogP contribution in [0.4, 0.5) is 34.6 Å². The molecule has 7 aromatic rings. The number of rotatable bonds is 10. The molecule has 0 atom stereocenters. The van der Waals surface area contributed by atoms with Crippen molar-refractivity contribution >= 4 is 68.8 Å². The molecule has 0 aliphatic heterocycles. The van der Waals surface area contributed by atoms with Crippen LogP contribution in [0, 0.1) is 13.8 Å². The van der Waals surface area contributed by atoms with Crippen molar-refractivity contribution in [1.82, 2.24) is 40.6 Å². The Bertz CT molecular complexity index is 2200. The summed E-state index contributed by atoms with van der Waals surface area (Å²) in [4.78, 5) is 18.0. The number of benzene rings is 3. The fourth-order valence-electron chi connectivity index (χ4n) is 5.71. The van der Waals surface area contributed by atoms with Crippen molar-refractivity contribution in [1.29, 1.82) is 0 Å². The number of nitrogens with zero attached hydrogens (tertiary/aromatic N) is 8. The molecule has 8 rings (SSSR count). The number of aryl methyl sites for hydroxylation is 2. The third kappa shape index (κ3) is 8.65. The smallest absolute Gasteiger partial charge is 0.245 e. The van der Waals surface area contributed by atoms with Crippen molar-refractivity contribution in [3.05, 3.63) is 94.5 Å². The van der Waals surface area contributed by atoms with Gasteiger partial charge in [-0.25, -0.2) is 29.2 Å². The monoisotopic (exact) mass is 704 g/mol. The molecule has 260 valence electrons. The minimum absolute atomic E-state index is 0.343. The second-order valence-electron chi connectivity index (χ2n) is 12.4. The Kier molecular flexibility index (Phi) is 10.4. The Balaban J connectivity index is 0.000000159. The van der Waals surface area contributed by atoms with E-state index in [0.717, 1.165) is 30.6 Å². The number of fused-ring (bicyclic) bond motifs is 2. The van der Waals surface area contributed by atoms with Gasteiger partial charge in [-0.1, -0.05) is 67.3 Å². The van der Waals surface area contributed by atoms with Crippen LogP contribution in [-0.4, -0.2) is 53.1 Å². The number of hydrogen-bond donors (Lipinski definition) is 4. The Morgan fingerprint density at radius 2 is 1.20 bits per heavy atom. The van der Waals surface area contributed by atoms with E-state index in [1.54, 1.807) is 12.1 Å². The summed E-state index contributed by atoms with van der Waals surface area (Å²) in [6.07, 6.45) is 6.97. The molecule has 0 radical (unpaired) electrons. The van der Waals surface area contributed by atoms with Crippen molar-refractivity contribution < 1.29 is 9.26 Å². The largest absolute Gasteiger partial charge is 0.367 e. The van der Waals surface area contributed by atoms with Crippen LogP contribution in [0.2, 0.25) is 5.02 Å². The fourth-order valence-corrected chi connectivity index (χ4v) is 5.84. The second-order valence-corrected chi connectivity index (χ2v) is 12.8. The van der Waals surface area contributed by atoms with Crippen molar-refractivity contribution in [3.8, 4) is 0 Å². The van der Waals surface area contributed by atoms with E-state index in [1.807, 2.05) is 36.4 Å². The van der Waals surface area contributed by atoms with Crippen LogP contribution in [0.3, 0.4) is 0 Å². The number of hydrogen-bond acceptors (Lipinski definition) is 14. The number of nitrogens with one attached hydrogen (secondary N) is 4. The van der Waals surface area contributed by atoms with Gasteiger partial charge in [-0.2, -0.15) is 0 Å². The SMILES string of the molecule is Cc1ccc(Nc2nc3nonc3nc2NC2CCCCC2)cc1C.Clc1ccc(Nc2nc3nonc3nc2NCCc2ccccc2)cc1. The zero-order valence-electron chi connectivity index (χ0n) is 28.2. The quantitative estimate of drug-likeness (QED) is 0.107. The molecule has 0 unspecified atom stereocenters. The van der Waals surface area contributed by atoms with Gasteiger partial charge in [0, 0.05) is 29.0 Å². The number of halogens is 1. The van der Waals surface area contributed by atoms with Gasteiger partial charge in [-0.15, -0.1) is 0 Å². The minimum atomic E-state index is 0.343. The molecule has 0 saturated heterocycles. The van der Waals surface area contributed by atoms with Crippen LogP contribution < -0.4 is 21.3 Å². The lowest BCUT2D eigenvalue weighted by molar-refractivity contribution is 0.314. The Hall–Kier alpha value is -5.89. The van der Waals surface area contributed by atoms with E-state index in [2.05, 4.69) is 99.9 Å². The Morgan fingerprint density at radius 3 is 1.84 bits per heavy atom. The average molecular weight is 705 g/mol. The van der Waals surface area contributed by atoms with E-state index in [4.69, 9.17) is 20.9 Å².